The van der Waals surface area contributed by atoms with Crippen LogP contribution in [0.1, 0.15) is 40.3 Å². The molecule has 1 atom stereocenters. The van der Waals surface area contributed by atoms with E-state index < -0.39 is 5.97 Å². The standard InChI is InChI=1S/C28H24N4O3/c1-16-15-35-26-8-7-21(11-24(16)26)25-12-27(32-18(3)31-25)30-17(2)19-5-4-6-20(9-19)22-10-23(28(33)34)14-29-13-22/h4-15,17H,1-3H3,(H,33,34)(H,30,31,32)/t17-/m0/s1. The Morgan fingerprint density at radius 2 is 1.83 bits per heavy atom. The molecule has 0 aliphatic heterocycles. The first-order valence-corrected chi connectivity index (χ1v) is 11.3. The minimum atomic E-state index is -0.998. The van der Waals surface area contributed by atoms with E-state index >= 15 is 0 Å². The second kappa shape index (κ2) is 9.02. The van der Waals surface area contributed by atoms with E-state index in [9.17, 15) is 9.90 Å². The highest BCUT2D eigenvalue weighted by Crippen LogP contribution is 2.29. The number of hydrogen-bond donors (Lipinski definition) is 2. The number of aromatic carboxylic acids is 1. The Balaban J connectivity index is 1.42. The molecule has 0 fully saturated rings. The third-order valence-electron chi connectivity index (χ3n) is 5.97. The molecule has 2 N–H and O–H groups in total. The van der Waals surface area contributed by atoms with Gasteiger partial charge in [-0.05, 0) is 67.8 Å². The summed E-state index contributed by atoms with van der Waals surface area (Å²) < 4.78 is 5.57. The van der Waals surface area contributed by atoms with Crippen molar-refractivity contribution < 1.29 is 14.3 Å². The summed E-state index contributed by atoms with van der Waals surface area (Å²) in [6, 6.07) is 17.5. The second-order valence-corrected chi connectivity index (χ2v) is 8.57. The van der Waals surface area contributed by atoms with Crippen molar-refractivity contribution in [3.63, 3.8) is 0 Å². The van der Waals surface area contributed by atoms with Crippen LogP contribution in [-0.4, -0.2) is 26.0 Å². The van der Waals surface area contributed by atoms with E-state index in [2.05, 4.69) is 33.3 Å². The Morgan fingerprint density at radius 3 is 2.66 bits per heavy atom. The summed E-state index contributed by atoms with van der Waals surface area (Å²) in [5.74, 6) is 0.401. The van der Waals surface area contributed by atoms with Gasteiger partial charge >= 0.3 is 5.97 Å². The fourth-order valence-electron chi connectivity index (χ4n) is 4.11. The average molecular weight is 465 g/mol. The predicted octanol–water partition coefficient (Wildman–Crippen LogP) is 6.44. The Bertz CT molecular complexity index is 1560. The lowest BCUT2D eigenvalue weighted by Crippen LogP contribution is -2.09. The van der Waals surface area contributed by atoms with Gasteiger partial charge in [-0.2, -0.15) is 0 Å². The highest BCUT2D eigenvalue weighted by molar-refractivity contribution is 5.89. The number of aromatic nitrogens is 3. The summed E-state index contributed by atoms with van der Waals surface area (Å²) in [7, 11) is 0. The molecule has 0 radical (unpaired) electrons. The fraction of sp³-hybridized carbons (Fsp3) is 0.143. The van der Waals surface area contributed by atoms with Gasteiger partial charge in [-0.3, -0.25) is 4.98 Å². The van der Waals surface area contributed by atoms with Gasteiger partial charge in [-0.1, -0.05) is 18.2 Å². The summed E-state index contributed by atoms with van der Waals surface area (Å²) in [4.78, 5) is 24.6. The van der Waals surface area contributed by atoms with Gasteiger partial charge in [0.15, 0.2) is 0 Å². The molecule has 7 heteroatoms. The molecule has 0 spiro atoms. The van der Waals surface area contributed by atoms with Gasteiger partial charge in [0, 0.05) is 41.0 Å². The van der Waals surface area contributed by atoms with E-state index in [-0.39, 0.29) is 11.6 Å². The molecule has 2 aromatic carbocycles. The van der Waals surface area contributed by atoms with Crippen molar-refractivity contribution in [2.75, 3.05) is 5.32 Å². The molecular weight excluding hydrogens is 440 g/mol. The predicted molar refractivity (Wildman–Crippen MR) is 135 cm³/mol. The van der Waals surface area contributed by atoms with Gasteiger partial charge in [0.1, 0.15) is 17.2 Å². The van der Waals surface area contributed by atoms with E-state index in [1.54, 1.807) is 18.5 Å². The van der Waals surface area contributed by atoms with Crippen LogP contribution in [0.2, 0.25) is 0 Å². The fourth-order valence-corrected chi connectivity index (χ4v) is 4.11. The first kappa shape index (κ1) is 22.3. The number of hydrogen-bond acceptors (Lipinski definition) is 6. The van der Waals surface area contributed by atoms with Gasteiger partial charge in [0.05, 0.1) is 17.5 Å². The third-order valence-corrected chi connectivity index (χ3v) is 5.97. The topological polar surface area (TPSA) is 101 Å². The van der Waals surface area contributed by atoms with Crippen LogP contribution in [0.4, 0.5) is 5.82 Å². The van der Waals surface area contributed by atoms with Crippen molar-refractivity contribution in [2.24, 2.45) is 0 Å². The molecule has 5 rings (SSSR count). The number of rotatable bonds is 6. The highest BCUT2D eigenvalue weighted by atomic mass is 16.4. The Morgan fingerprint density at radius 1 is 0.971 bits per heavy atom. The summed E-state index contributed by atoms with van der Waals surface area (Å²) in [5, 5.41) is 13.8. The lowest BCUT2D eigenvalue weighted by Gasteiger charge is -2.17. The molecule has 0 saturated carbocycles. The molecule has 3 heterocycles. The lowest BCUT2D eigenvalue weighted by molar-refractivity contribution is 0.0696. The average Bonchev–Trinajstić information content (AvgIpc) is 3.24. The van der Waals surface area contributed by atoms with Gasteiger partial charge in [-0.15, -0.1) is 0 Å². The normalized spacial score (nSPS) is 12.0. The molecule has 0 amide bonds. The molecule has 0 saturated heterocycles. The molecule has 7 nitrogen and oxygen atoms in total. The van der Waals surface area contributed by atoms with E-state index in [1.807, 2.05) is 56.3 Å². The maximum Gasteiger partial charge on any atom is 0.337 e. The van der Waals surface area contributed by atoms with Crippen LogP contribution in [0.5, 0.6) is 0 Å². The zero-order chi connectivity index (χ0) is 24.5. The van der Waals surface area contributed by atoms with Crippen molar-refractivity contribution >= 4 is 22.8 Å². The van der Waals surface area contributed by atoms with Crippen molar-refractivity contribution in [3.05, 3.63) is 95.8 Å². The summed E-state index contributed by atoms with van der Waals surface area (Å²) >= 11 is 0. The van der Waals surface area contributed by atoms with Crippen LogP contribution < -0.4 is 5.32 Å². The lowest BCUT2D eigenvalue weighted by atomic mass is 10.0. The van der Waals surface area contributed by atoms with Crippen molar-refractivity contribution in [3.8, 4) is 22.4 Å². The molecule has 174 valence electrons. The molecule has 35 heavy (non-hydrogen) atoms. The first-order valence-electron chi connectivity index (χ1n) is 11.3. The summed E-state index contributed by atoms with van der Waals surface area (Å²) in [6.45, 7) is 5.96. The maximum absolute atomic E-state index is 11.3. The summed E-state index contributed by atoms with van der Waals surface area (Å²) in [6.07, 6.45) is 4.78. The van der Waals surface area contributed by atoms with E-state index in [0.29, 0.717) is 5.82 Å². The van der Waals surface area contributed by atoms with Crippen LogP contribution in [0.25, 0.3) is 33.4 Å². The molecular formula is C28H24N4O3. The van der Waals surface area contributed by atoms with Crippen LogP contribution in [0, 0.1) is 13.8 Å². The monoisotopic (exact) mass is 464 g/mol. The number of benzene rings is 2. The van der Waals surface area contributed by atoms with Crippen LogP contribution in [0.3, 0.4) is 0 Å². The quantitative estimate of drug-likeness (QED) is 0.298. The molecule has 0 aliphatic carbocycles. The van der Waals surface area contributed by atoms with Crippen LogP contribution >= 0.6 is 0 Å². The molecule has 5 aromatic rings. The number of fused-ring (bicyclic) bond motifs is 1. The number of carbonyl (C=O) groups is 1. The van der Waals surface area contributed by atoms with Gasteiger partial charge < -0.3 is 14.8 Å². The Hall–Kier alpha value is -4.52. The zero-order valence-corrected chi connectivity index (χ0v) is 19.6. The Labute approximate surface area is 202 Å². The zero-order valence-electron chi connectivity index (χ0n) is 19.6. The van der Waals surface area contributed by atoms with Crippen LogP contribution in [-0.2, 0) is 0 Å². The van der Waals surface area contributed by atoms with Crippen molar-refractivity contribution in [2.45, 2.75) is 26.8 Å². The molecule has 3 aromatic heterocycles. The number of pyridine rings is 1. The first-order chi connectivity index (χ1) is 16.9. The number of furan rings is 1. The minimum absolute atomic E-state index is 0.0497. The number of anilines is 1. The second-order valence-electron chi connectivity index (χ2n) is 8.57. The largest absolute Gasteiger partial charge is 0.478 e. The number of carboxylic acids is 1. The van der Waals surface area contributed by atoms with Crippen molar-refractivity contribution in [1.29, 1.82) is 0 Å². The number of nitrogens with one attached hydrogen (secondary N) is 1. The van der Waals surface area contributed by atoms with E-state index in [4.69, 9.17) is 4.42 Å². The maximum atomic E-state index is 11.3. The highest BCUT2D eigenvalue weighted by Gasteiger charge is 2.13. The SMILES string of the molecule is Cc1nc(N[C@@H](C)c2cccc(-c3cncc(C(=O)O)c3)c2)cc(-c2ccc3occ(C)c3c2)n1. The number of aryl methyl sites for hydroxylation is 2. The van der Waals surface area contributed by atoms with E-state index in [0.717, 1.165) is 50.3 Å². The number of nitrogens with zero attached hydrogens (tertiary/aromatic N) is 3. The summed E-state index contributed by atoms with van der Waals surface area (Å²) in [5.41, 5.74) is 6.62. The molecule has 0 unspecified atom stereocenters. The third kappa shape index (κ3) is 4.61. The van der Waals surface area contributed by atoms with Crippen molar-refractivity contribution in [1.82, 2.24) is 15.0 Å². The Kier molecular flexibility index (Phi) is 5.74. The van der Waals surface area contributed by atoms with Gasteiger partial charge in [0.2, 0.25) is 0 Å². The smallest absolute Gasteiger partial charge is 0.337 e. The van der Waals surface area contributed by atoms with Crippen LogP contribution in [0.15, 0.2) is 77.7 Å². The molecule has 0 aliphatic rings. The minimum Gasteiger partial charge on any atom is -0.478 e. The molecule has 0 bridgehead atoms. The van der Waals surface area contributed by atoms with E-state index in [1.165, 1.54) is 6.20 Å². The number of carboxylic acid groups (broad SMARTS) is 1. The van der Waals surface area contributed by atoms with Gasteiger partial charge in [-0.25, -0.2) is 14.8 Å². The van der Waals surface area contributed by atoms with Gasteiger partial charge in [0.25, 0.3) is 0 Å².